The zero-order chi connectivity index (χ0) is 13.7. The molecular weight excluding hydrogens is 270 g/mol. The van der Waals surface area contributed by atoms with Gasteiger partial charge in [-0.15, -0.1) is 0 Å². The molecule has 0 aromatic carbocycles. The summed E-state index contributed by atoms with van der Waals surface area (Å²) in [6.07, 6.45) is -13.2. The summed E-state index contributed by atoms with van der Waals surface area (Å²) in [7, 11) is -1.09. The molecule has 0 aliphatic heterocycles. The highest BCUT2D eigenvalue weighted by Gasteiger charge is 2.69. The lowest BCUT2D eigenvalue weighted by molar-refractivity contribution is -0.369. The topological polar surface area (TPSA) is 29.5 Å². The van der Waals surface area contributed by atoms with Crippen LogP contribution >= 0.6 is 0 Å². The van der Waals surface area contributed by atoms with Crippen molar-refractivity contribution in [3.8, 4) is 0 Å². The van der Waals surface area contributed by atoms with Crippen LogP contribution in [0.2, 0.25) is 6.04 Å². The zero-order valence-electron chi connectivity index (χ0n) is 9.16. The quantitative estimate of drug-likeness (QED) is 0.460. The van der Waals surface area contributed by atoms with Gasteiger partial charge in [-0.1, -0.05) is 6.42 Å². The van der Waals surface area contributed by atoms with E-state index in [1.807, 2.05) is 0 Å². The summed E-state index contributed by atoms with van der Waals surface area (Å²) >= 11 is 0. The minimum Gasteiger partial charge on any atom is -0.424 e. The molecule has 0 rings (SSSR count). The van der Waals surface area contributed by atoms with Crippen LogP contribution in [-0.4, -0.2) is 39.4 Å². The van der Waals surface area contributed by atoms with Crippen molar-refractivity contribution in [1.29, 1.82) is 0 Å². The van der Waals surface area contributed by atoms with E-state index in [0.717, 1.165) is 0 Å². The van der Waals surface area contributed by atoms with E-state index in [2.05, 4.69) is 0 Å². The molecule has 0 amide bonds. The Hall–Kier alpha value is -0.283. The molecule has 0 aromatic heterocycles. The second-order valence-corrected chi connectivity index (χ2v) is 5.03. The van der Waals surface area contributed by atoms with Crippen molar-refractivity contribution in [2.24, 2.45) is 0 Å². The third kappa shape index (κ3) is 4.47. The molecule has 0 fully saturated rings. The fourth-order valence-electron chi connectivity index (χ4n) is 1.17. The average molecular weight is 284 g/mol. The van der Waals surface area contributed by atoms with Gasteiger partial charge >= 0.3 is 12.4 Å². The van der Waals surface area contributed by atoms with Crippen molar-refractivity contribution < 1.29 is 35.9 Å². The van der Waals surface area contributed by atoms with Crippen LogP contribution in [0.25, 0.3) is 0 Å². The highest BCUT2D eigenvalue weighted by molar-refractivity contribution is 6.26. The van der Waals surface area contributed by atoms with Crippen LogP contribution in [-0.2, 0) is 4.43 Å². The van der Waals surface area contributed by atoms with Crippen molar-refractivity contribution >= 4 is 9.76 Å². The molecule has 0 atom stereocenters. The molecule has 0 saturated carbocycles. The molecule has 104 valence electrons. The largest absolute Gasteiger partial charge is 0.426 e. The van der Waals surface area contributed by atoms with Crippen molar-refractivity contribution in [2.75, 3.05) is 6.61 Å². The van der Waals surface area contributed by atoms with Crippen LogP contribution in [0, 0.1) is 0 Å². The van der Waals surface area contributed by atoms with E-state index in [0.29, 0.717) is 6.61 Å². The van der Waals surface area contributed by atoms with Crippen LogP contribution in [0.15, 0.2) is 0 Å². The van der Waals surface area contributed by atoms with Gasteiger partial charge in [-0.2, -0.15) is 26.3 Å². The summed E-state index contributed by atoms with van der Waals surface area (Å²) in [6.45, 7) is 2.09. The predicted molar refractivity (Wildman–Crippen MR) is 51.3 cm³/mol. The summed E-state index contributed by atoms with van der Waals surface area (Å²) in [6, 6.07) is 0.169. The van der Waals surface area contributed by atoms with Gasteiger partial charge in [0.25, 0.3) is 5.60 Å². The van der Waals surface area contributed by atoms with Gasteiger partial charge < -0.3 is 9.53 Å². The zero-order valence-corrected chi connectivity index (χ0v) is 10.6. The third-order valence-corrected chi connectivity index (χ3v) is 3.70. The summed E-state index contributed by atoms with van der Waals surface area (Å²) in [5.41, 5.74) is -4.61. The number of hydrogen-bond donors (Lipinski definition) is 1. The maximum Gasteiger partial charge on any atom is 0.426 e. The first kappa shape index (κ1) is 16.7. The highest BCUT2D eigenvalue weighted by atomic mass is 28.2. The molecule has 17 heavy (non-hydrogen) atoms. The van der Waals surface area contributed by atoms with E-state index in [-0.39, 0.29) is 12.5 Å². The molecule has 0 heterocycles. The summed E-state index contributed by atoms with van der Waals surface area (Å²) in [5.74, 6) is 0. The first-order chi connectivity index (χ1) is 7.56. The van der Waals surface area contributed by atoms with Crippen LogP contribution in [0.1, 0.15) is 19.8 Å². The molecule has 1 N–H and O–H groups in total. The lowest BCUT2D eigenvalue weighted by atomic mass is 9.97. The van der Waals surface area contributed by atoms with Crippen molar-refractivity contribution in [3.05, 3.63) is 0 Å². The monoisotopic (exact) mass is 284 g/mol. The number of alkyl halides is 6. The summed E-state index contributed by atoms with van der Waals surface area (Å²) in [4.78, 5) is 0. The Bertz CT molecular complexity index is 213. The smallest absolute Gasteiger partial charge is 0.424 e. The molecule has 0 aliphatic carbocycles. The molecule has 9 heteroatoms. The summed E-state index contributed by atoms with van der Waals surface area (Å²) in [5, 5.41) is 8.77. The van der Waals surface area contributed by atoms with E-state index < -0.39 is 34.1 Å². The molecule has 0 spiro atoms. The molecule has 0 saturated heterocycles. The Labute approximate surface area is 96.9 Å². The number of halogens is 6. The lowest BCUT2D eigenvalue weighted by Crippen LogP contribution is -2.56. The second kappa shape index (κ2) is 6.05. The lowest BCUT2D eigenvalue weighted by Gasteiger charge is -2.32. The number of hydrogen-bond acceptors (Lipinski definition) is 2. The van der Waals surface area contributed by atoms with Crippen molar-refractivity contribution in [3.63, 3.8) is 0 Å². The first-order valence-electron chi connectivity index (χ1n) is 5.00. The average Bonchev–Trinajstić information content (AvgIpc) is 2.13. The Balaban J connectivity index is 4.44. The van der Waals surface area contributed by atoms with Gasteiger partial charge in [-0.25, -0.2) is 0 Å². The number of rotatable bonds is 6. The molecule has 0 aliphatic rings. The minimum atomic E-state index is -5.71. The van der Waals surface area contributed by atoms with Crippen LogP contribution < -0.4 is 0 Å². The second-order valence-electron chi connectivity index (χ2n) is 3.51. The number of aliphatic hydroxyl groups is 1. The minimum absolute atomic E-state index is 0.169. The van der Waals surface area contributed by atoms with Crippen molar-refractivity contribution in [1.82, 2.24) is 0 Å². The maximum absolute atomic E-state index is 12.2. The predicted octanol–water partition coefficient (Wildman–Crippen LogP) is 2.16. The SMILES string of the molecule is CCO[SiH2]CCCC(O)(C(F)(F)F)C(F)(F)F. The van der Waals surface area contributed by atoms with Gasteiger partial charge in [0, 0.05) is 6.61 Å². The van der Waals surface area contributed by atoms with E-state index in [9.17, 15) is 26.3 Å². The molecule has 2 nitrogen and oxygen atoms in total. The highest BCUT2D eigenvalue weighted by Crippen LogP contribution is 2.45. The van der Waals surface area contributed by atoms with Gasteiger partial charge in [0.1, 0.15) is 0 Å². The normalized spacial score (nSPS) is 14.8. The van der Waals surface area contributed by atoms with E-state index in [1.54, 1.807) is 6.92 Å². The van der Waals surface area contributed by atoms with Gasteiger partial charge in [0.15, 0.2) is 9.76 Å². The summed E-state index contributed by atoms with van der Waals surface area (Å²) < 4.78 is 78.0. The Morgan fingerprint density at radius 2 is 1.53 bits per heavy atom. The van der Waals surface area contributed by atoms with Crippen LogP contribution in [0.5, 0.6) is 0 Å². The molecule has 0 aromatic rings. The maximum atomic E-state index is 12.2. The Kier molecular flexibility index (Phi) is 5.95. The van der Waals surface area contributed by atoms with Gasteiger partial charge in [-0.3, -0.25) is 0 Å². The molecule has 0 unspecified atom stereocenters. The van der Waals surface area contributed by atoms with Gasteiger partial charge in [0.2, 0.25) is 0 Å². The van der Waals surface area contributed by atoms with E-state index in [1.165, 1.54) is 0 Å². The van der Waals surface area contributed by atoms with Crippen LogP contribution in [0.3, 0.4) is 0 Å². The Morgan fingerprint density at radius 3 is 1.88 bits per heavy atom. The van der Waals surface area contributed by atoms with Gasteiger partial charge in [-0.05, 0) is 19.4 Å². The van der Waals surface area contributed by atoms with E-state index >= 15 is 0 Å². The standard InChI is InChI=1S/C8H14F6O2Si/c1-2-16-17-5-3-4-6(15,7(9,10)11)8(12,13)14/h15H,2-5,17H2,1H3. The Morgan fingerprint density at radius 1 is 1.06 bits per heavy atom. The van der Waals surface area contributed by atoms with Gasteiger partial charge in [0.05, 0.1) is 0 Å². The fraction of sp³-hybridized carbons (Fsp3) is 1.00. The molecule has 0 bridgehead atoms. The third-order valence-electron chi connectivity index (χ3n) is 2.22. The fourth-order valence-corrected chi connectivity index (χ4v) is 2.12. The first-order valence-corrected chi connectivity index (χ1v) is 6.57. The van der Waals surface area contributed by atoms with Crippen LogP contribution in [0.4, 0.5) is 26.3 Å². The van der Waals surface area contributed by atoms with E-state index in [4.69, 9.17) is 9.53 Å². The molecule has 0 radical (unpaired) electrons. The van der Waals surface area contributed by atoms with Crippen molar-refractivity contribution in [2.45, 2.75) is 43.8 Å². The molecular formula is C8H14F6O2Si.